The second kappa shape index (κ2) is 7.71. The molecule has 114 valence electrons. The Balaban J connectivity index is 1.83. The lowest BCUT2D eigenvalue weighted by molar-refractivity contribution is -0.151. The van der Waals surface area contributed by atoms with E-state index in [0.717, 1.165) is 24.9 Å². The average molecular weight is 291 g/mol. The molecule has 1 aromatic rings. The van der Waals surface area contributed by atoms with Gasteiger partial charge in [0.15, 0.2) is 0 Å². The molecule has 1 saturated heterocycles. The monoisotopic (exact) mass is 291 g/mol. The van der Waals surface area contributed by atoms with E-state index in [4.69, 9.17) is 4.74 Å². The molecule has 6 nitrogen and oxygen atoms in total. The van der Waals surface area contributed by atoms with Crippen molar-refractivity contribution in [1.82, 2.24) is 14.9 Å². The fourth-order valence-corrected chi connectivity index (χ4v) is 2.52. The Hall–Kier alpha value is -1.98. The maximum absolute atomic E-state index is 12.2. The predicted molar refractivity (Wildman–Crippen MR) is 76.3 cm³/mol. The summed E-state index contributed by atoms with van der Waals surface area (Å²) in [5.74, 6) is -0.290. The maximum Gasteiger partial charge on any atom is 0.310 e. The molecule has 1 amide bonds. The Kier molecular flexibility index (Phi) is 5.66. The molecule has 1 fully saturated rings. The van der Waals surface area contributed by atoms with E-state index in [-0.39, 0.29) is 17.8 Å². The molecule has 21 heavy (non-hydrogen) atoms. The van der Waals surface area contributed by atoms with Crippen LogP contribution in [0.1, 0.15) is 31.7 Å². The van der Waals surface area contributed by atoms with Crippen molar-refractivity contribution in [2.24, 2.45) is 5.92 Å². The van der Waals surface area contributed by atoms with Crippen LogP contribution in [0.4, 0.5) is 0 Å². The van der Waals surface area contributed by atoms with E-state index in [0.29, 0.717) is 26.0 Å². The fourth-order valence-electron chi connectivity index (χ4n) is 2.52. The summed E-state index contributed by atoms with van der Waals surface area (Å²) in [4.78, 5) is 33.6. The molecule has 1 atom stereocenters. The number of carbonyl (C=O) groups excluding carboxylic acids is 2. The van der Waals surface area contributed by atoms with E-state index < -0.39 is 0 Å². The zero-order valence-electron chi connectivity index (χ0n) is 12.3. The first-order valence-corrected chi connectivity index (χ1v) is 7.39. The van der Waals surface area contributed by atoms with Crippen molar-refractivity contribution in [3.63, 3.8) is 0 Å². The van der Waals surface area contributed by atoms with E-state index in [1.165, 1.54) is 6.33 Å². The molecule has 1 aromatic heterocycles. The molecule has 0 N–H and O–H groups in total. The zero-order chi connectivity index (χ0) is 15.1. The highest BCUT2D eigenvalue weighted by atomic mass is 16.5. The minimum absolute atomic E-state index is 0.0767. The number of aryl methyl sites for hydroxylation is 1. The van der Waals surface area contributed by atoms with Crippen LogP contribution in [-0.2, 0) is 20.7 Å². The van der Waals surface area contributed by atoms with Crippen molar-refractivity contribution in [1.29, 1.82) is 0 Å². The van der Waals surface area contributed by atoms with Gasteiger partial charge in [0.05, 0.1) is 12.5 Å². The van der Waals surface area contributed by atoms with E-state index in [2.05, 4.69) is 9.97 Å². The Labute approximate surface area is 124 Å². The van der Waals surface area contributed by atoms with Gasteiger partial charge >= 0.3 is 5.97 Å². The van der Waals surface area contributed by atoms with Crippen LogP contribution in [0, 0.1) is 5.92 Å². The molecule has 1 unspecified atom stereocenters. The number of nitrogens with zero attached hydrogens (tertiary/aromatic N) is 3. The van der Waals surface area contributed by atoms with Crippen LogP contribution in [0.3, 0.4) is 0 Å². The van der Waals surface area contributed by atoms with Gasteiger partial charge in [-0.3, -0.25) is 9.59 Å². The highest BCUT2D eigenvalue weighted by Gasteiger charge is 2.28. The van der Waals surface area contributed by atoms with Crippen molar-refractivity contribution < 1.29 is 14.3 Å². The summed E-state index contributed by atoms with van der Waals surface area (Å²) >= 11 is 0. The Morgan fingerprint density at radius 1 is 1.38 bits per heavy atom. The minimum Gasteiger partial charge on any atom is -0.466 e. The molecule has 2 rings (SSSR count). The first kappa shape index (κ1) is 15.4. The van der Waals surface area contributed by atoms with Crippen LogP contribution in [0.5, 0.6) is 0 Å². The molecule has 6 heteroatoms. The number of amides is 1. The number of carbonyl (C=O) groups is 2. The molecule has 0 bridgehead atoms. The minimum atomic E-state index is -0.188. The summed E-state index contributed by atoms with van der Waals surface area (Å²) in [5, 5.41) is 0. The second-order valence-electron chi connectivity index (χ2n) is 5.18. The first-order valence-electron chi connectivity index (χ1n) is 7.39. The predicted octanol–water partition coefficient (Wildman–Crippen LogP) is 1.21. The smallest absolute Gasteiger partial charge is 0.310 e. The average Bonchev–Trinajstić information content (AvgIpc) is 2.54. The number of likely N-dealkylation sites (tertiary alicyclic amines) is 1. The van der Waals surface area contributed by atoms with E-state index in [1.807, 2.05) is 0 Å². The number of ether oxygens (including phenoxy) is 1. The summed E-state index contributed by atoms with van der Waals surface area (Å²) < 4.78 is 5.05. The number of aromatic nitrogens is 2. The van der Waals surface area contributed by atoms with Gasteiger partial charge in [0.2, 0.25) is 5.91 Å². The molecular weight excluding hydrogens is 270 g/mol. The Morgan fingerprint density at radius 2 is 2.14 bits per heavy atom. The third-order valence-corrected chi connectivity index (χ3v) is 3.64. The van der Waals surface area contributed by atoms with Crippen molar-refractivity contribution >= 4 is 11.9 Å². The third kappa shape index (κ3) is 4.51. The van der Waals surface area contributed by atoms with Crippen LogP contribution < -0.4 is 0 Å². The second-order valence-corrected chi connectivity index (χ2v) is 5.18. The van der Waals surface area contributed by atoms with Gasteiger partial charge in [0, 0.05) is 31.9 Å². The lowest BCUT2D eigenvalue weighted by Crippen LogP contribution is -2.42. The standard InChI is InChI=1S/C15H21N3O3/c1-2-21-15(20)13-4-3-7-18(10-13)14(19)6-5-12-8-16-11-17-9-12/h8-9,11,13H,2-7,10H2,1H3. The van der Waals surface area contributed by atoms with Crippen molar-refractivity contribution in [3.05, 3.63) is 24.3 Å². The SMILES string of the molecule is CCOC(=O)C1CCCN(C(=O)CCc2cncnc2)C1. The zero-order valence-corrected chi connectivity index (χ0v) is 12.3. The summed E-state index contributed by atoms with van der Waals surface area (Å²) in [7, 11) is 0. The van der Waals surface area contributed by atoms with E-state index in [9.17, 15) is 9.59 Å². The van der Waals surface area contributed by atoms with Gasteiger partial charge in [0.1, 0.15) is 6.33 Å². The van der Waals surface area contributed by atoms with Crippen LogP contribution in [-0.4, -0.2) is 46.4 Å². The van der Waals surface area contributed by atoms with Crippen molar-refractivity contribution in [3.8, 4) is 0 Å². The highest BCUT2D eigenvalue weighted by Crippen LogP contribution is 2.19. The van der Waals surface area contributed by atoms with Crippen LogP contribution >= 0.6 is 0 Å². The van der Waals surface area contributed by atoms with Gasteiger partial charge in [-0.1, -0.05) is 0 Å². The van der Waals surface area contributed by atoms with Crippen LogP contribution in [0.25, 0.3) is 0 Å². The van der Waals surface area contributed by atoms with Gasteiger partial charge in [-0.25, -0.2) is 9.97 Å². The molecule has 0 saturated carbocycles. The number of hydrogen-bond acceptors (Lipinski definition) is 5. The molecule has 2 heterocycles. The van der Waals surface area contributed by atoms with Gasteiger partial charge in [-0.05, 0) is 31.7 Å². The fraction of sp³-hybridized carbons (Fsp3) is 0.600. The largest absolute Gasteiger partial charge is 0.466 e. The molecule has 0 radical (unpaired) electrons. The lowest BCUT2D eigenvalue weighted by Gasteiger charge is -2.31. The van der Waals surface area contributed by atoms with Crippen LogP contribution in [0.15, 0.2) is 18.7 Å². The number of rotatable bonds is 5. The van der Waals surface area contributed by atoms with E-state index >= 15 is 0 Å². The molecule has 0 aliphatic carbocycles. The molecular formula is C15H21N3O3. The highest BCUT2D eigenvalue weighted by molar-refractivity contribution is 5.78. The van der Waals surface area contributed by atoms with Crippen molar-refractivity contribution in [2.75, 3.05) is 19.7 Å². The number of piperidine rings is 1. The van der Waals surface area contributed by atoms with Crippen molar-refractivity contribution in [2.45, 2.75) is 32.6 Å². The van der Waals surface area contributed by atoms with Gasteiger partial charge in [-0.15, -0.1) is 0 Å². The van der Waals surface area contributed by atoms with Gasteiger partial charge in [0.25, 0.3) is 0 Å². The Bertz CT molecular complexity index is 478. The molecule has 0 aromatic carbocycles. The number of esters is 1. The summed E-state index contributed by atoms with van der Waals surface area (Å²) in [6.45, 7) is 3.38. The molecule has 0 spiro atoms. The normalized spacial score (nSPS) is 18.3. The van der Waals surface area contributed by atoms with Gasteiger partial charge < -0.3 is 9.64 Å². The van der Waals surface area contributed by atoms with Gasteiger partial charge in [-0.2, -0.15) is 0 Å². The maximum atomic E-state index is 12.2. The molecule has 1 aliphatic rings. The topological polar surface area (TPSA) is 72.4 Å². The van der Waals surface area contributed by atoms with E-state index in [1.54, 1.807) is 24.2 Å². The first-order chi connectivity index (χ1) is 10.2. The third-order valence-electron chi connectivity index (χ3n) is 3.64. The number of hydrogen-bond donors (Lipinski definition) is 0. The quantitative estimate of drug-likeness (QED) is 0.762. The Morgan fingerprint density at radius 3 is 2.86 bits per heavy atom. The lowest BCUT2D eigenvalue weighted by atomic mass is 9.97. The summed E-state index contributed by atoms with van der Waals surface area (Å²) in [5.41, 5.74) is 0.949. The summed E-state index contributed by atoms with van der Waals surface area (Å²) in [6, 6.07) is 0. The summed E-state index contributed by atoms with van der Waals surface area (Å²) in [6.07, 6.45) is 7.61. The molecule has 1 aliphatic heterocycles. The van der Waals surface area contributed by atoms with Crippen LogP contribution in [0.2, 0.25) is 0 Å².